The number of rotatable bonds is 6. The van der Waals surface area contributed by atoms with Crippen LogP contribution in [0.2, 0.25) is 5.02 Å². The van der Waals surface area contributed by atoms with Crippen LogP contribution in [0.15, 0.2) is 60.9 Å². The lowest BCUT2D eigenvalue weighted by Crippen LogP contribution is -2.14. The largest absolute Gasteiger partial charge is 0.497 e. The average molecular weight is 423 g/mol. The summed E-state index contributed by atoms with van der Waals surface area (Å²) in [5, 5.41) is 8.66. The molecule has 1 N–H and O–H groups in total. The minimum atomic E-state index is -0.328. The van der Waals surface area contributed by atoms with Crippen molar-refractivity contribution in [2.24, 2.45) is 0 Å². The molecule has 0 aliphatic carbocycles. The molecule has 7 nitrogen and oxygen atoms in total. The summed E-state index contributed by atoms with van der Waals surface area (Å²) in [5.41, 5.74) is 2.57. The zero-order valence-electron chi connectivity index (χ0n) is 16.4. The van der Waals surface area contributed by atoms with E-state index in [1.54, 1.807) is 42.4 Å². The number of aromatic nitrogens is 3. The van der Waals surface area contributed by atoms with Crippen molar-refractivity contribution >= 4 is 34.1 Å². The lowest BCUT2D eigenvalue weighted by atomic mass is 10.2. The summed E-state index contributed by atoms with van der Waals surface area (Å²) in [6.45, 7) is 2.08. The molecule has 0 saturated heterocycles. The van der Waals surface area contributed by atoms with Gasteiger partial charge in [-0.15, -0.1) is 0 Å². The van der Waals surface area contributed by atoms with Gasteiger partial charge in [-0.25, -0.2) is 4.68 Å². The highest BCUT2D eigenvalue weighted by atomic mass is 35.5. The molecule has 0 unspecified atom stereocenters. The molecule has 152 valence electrons. The molecule has 0 radical (unpaired) electrons. The van der Waals surface area contributed by atoms with E-state index < -0.39 is 0 Å². The molecule has 0 fully saturated rings. The normalized spacial score (nSPS) is 10.8. The van der Waals surface area contributed by atoms with Crippen molar-refractivity contribution in [1.82, 2.24) is 14.8 Å². The first-order chi connectivity index (χ1) is 14.5. The Morgan fingerprint density at radius 1 is 1.13 bits per heavy atom. The number of nitrogens with one attached hydrogen (secondary N) is 1. The number of hydrogen-bond donors (Lipinski definition) is 1. The molecule has 1 amide bonds. The second-order valence-corrected chi connectivity index (χ2v) is 7.07. The Morgan fingerprint density at radius 3 is 2.77 bits per heavy atom. The highest BCUT2D eigenvalue weighted by Gasteiger charge is 2.11. The third-order valence-corrected chi connectivity index (χ3v) is 4.94. The summed E-state index contributed by atoms with van der Waals surface area (Å²) in [6.07, 6.45) is 3.28. The Balaban J connectivity index is 1.41. The Hall–Kier alpha value is -3.58. The van der Waals surface area contributed by atoms with Crippen molar-refractivity contribution in [3.8, 4) is 11.5 Å². The second kappa shape index (κ2) is 8.42. The van der Waals surface area contributed by atoms with Crippen LogP contribution in [0.3, 0.4) is 0 Å². The summed E-state index contributed by atoms with van der Waals surface area (Å²) in [6, 6.07) is 14.5. The van der Waals surface area contributed by atoms with Crippen LogP contribution >= 0.6 is 11.6 Å². The number of carbonyl (C=O) groups excluding carboxylic acids is 1. The van der Waals surface area contributed by atoms with Crippen LogP contribution in [-0.4, -0.2) is 27.8 Å². The molecule has 2 aromatic heterocycles. The van der Waals surface area contributed by atoms with E-state index in [1.165, 1.54) is 0 Å². The Morgan fingerprint density at radius 2 is 1.97 bits per heavy atom. The Bertz CT molecular complexity index is 1220. The molecule has 0 aliphatic heterocycles. The number of pyridine rings is 1. The molecule has 4 aromatic rings. The molecule has 2 aromatic carbocycles. The number of methoxy groups -OCH3 is 1. The van der Waals surface area contributed by atoms with E-state index in [0.29, 0.717) is 16.5 Å². The van der Waals surface area contributed by atoms with Gasteiger partial charge in [0.05, 0.1) is 24.5 Å². The fourth-order valence-electron chi connectivity index (χ4n) is 2.89. The summed E-state index contributed by atoms with van der Waals surface area (Å²) < 4.78 is 12.4. The van der Waals surface area contributed by atoms with Crippen molar-refractivity contribution in [3.63, 3.8) is 0 Å². The quantitative estimate of drug-likeness (QED) is 0.487. The number of amides is 1. The molecule has 0 atom stereocenters. The summed E-state index contributed by atoms with van der Waals surface area (Å²) in [4.78, 5) is 16.9. The Kier molecular flexibility index (Phi) is 5.54. The smallest absolute Gasteiger partial charge is 0.276 e. The molecule has 0 aliphatic rings. The van der Waals surface area contributed by atoms with Gasteiger partial charge in [0.1, 0.15) is 11.5 Å². The van der Waals surface area contributed by atoms with Crippen LogP contribution in [0.1, 0.15) is 16.1 Å². The minimum absolute atomic E-state index is 0.174. The summed E-state index contributed by atoms with van der Waals surface area (Å²) in [5.74, 6) is 1.08. The van der Waals surface area contributed by atoms with E-state index in [9.17, 15) is 4.79 Å². The van der Waals surface area contributed by atoms with Gasteiger partial charge in [0, 0.05) is 22.7 Å². The second-order valence-electron chi connectivity index (χ2n) is 6.66. The molecular formula is C22H19ClN4O3. The first kappa shape index (κ1) is 19.7. The van der Waals surface area contributed by atoms with Crippen LogP contribution in [0.25, 0.3) is 10.9 Å². The predicted octanol–water partition coefficient (Wildman–Crippen LogP) is 4.69. The maximum Gasteiger partial charge on any atom is 0.276 e. The van der Waals surface area contributed by atoms with Crippen molar-refractivity contribution in [2.75, 3.05) is 12.4 Å². The molecule has 0 saturated carbocycles. The van der Waals surface area contributed by atoms with Crippen LogP contribution in [0, 0.1) is 6.92 Å². The highest BCUT2D eigenvalue weighted by molar-refractivity contribution is 6.31. The van der Waals surface area contributed by atoms with E-state index in [-0.39, 0.29) is 18.3 Å². The van der Waals surface area contributed by atoms with Gasteiger partial charge in [-0.3, -0.25) is 9.78 Å². The summed E-state index contributed by atoms with van der Waals surface area (Å²) >= 11 is 6.02. The van der Waals surface area contributed by atoms with Crippen LogP contribution < -0.4 is 14.8 Å². The van der Waals surface area contributed by atoms with Gasteiger partial charge in [-0.1, -0.05) is 11.6 Å². The molecular weight excluding hydrogens is 404 g/mol. The monoisotopic (exact) mass is 422 g/mol. The van der Waals surface area contributed by atoms with E-state index in [0.717, 1.165) is 22.2 Å². The maximum atomic E-state index is 12.5. The lowest BCUT2D eigenvalue weighted by Gasteiger charge is -2.08. The fraction of sp³-hybridized carbons (Fsp3) is 0.136. The highest BCUT2D eigenvalue weighted by Crippen LogP contribution is 2.22. The maximum absolute atomic E-state index is 12.5. The topological polar surface area (TPSA) is 78.3 Å². The molecule has 8 heteroatoms. The number of nitrogens with zero attached hydrogens (tertiary/aromatic N) is 3. The van der Waals surface area contributed by atoms with Crippen molar-refractivity contribution in [1.29, 1.82) is 0 Å². The van der Waals surface area contributed by atoms with Gasteiger partial charge in [0.25, 0.3) is 5.91 Å². The number of carbonyl (C=O) groups is 1. The van der Waals surface area contributed by atoms with Gasteiger partial charge in [-0.05, 0) is 55.0 Å². The molecule has 2 heterocycles. The number of benzene rings is 2. The van der Waals surface area contributed by atoms with E-state index in [1.807, 2.05) is 37.3 Å². The SMILES string of the molecule is COc1ccc2cc(NC(=O)c3ccn(COc4ccc(Cl)c(C)c4)n3)cnc2c1. The van der Waals surface area contributed by atoms with Crippen LogP contribution in [0.5, 0.6) is 11.5 Å². The standard InChI is InChI=1S/C22H19ClN4O3/c1-14-9-18(5-6-19(14)23)30-13-27-8-7-20(26-27)22(28)25-16-10-15-3-4-17(29-2)11-21(15)24-12-16/h3-12H,13H2,1-2H3,(H,25,28). The average Bonchev–Trinajstić information content (AvgIpc) is 3.23. The van der Waals surface area contributed by atoms with Gasteiger partial charge < -0.3 is 14.8 Å². The fourth-order valence-corrected chi connectivity index (χ4v) is 3.01. The van der Waals surface area contributed by atoms with Gasteiger partial charge in [0.2, 0.25) is 0 Å². The van der Waals surface area contributed by atoms with Crippen molar-refractivity contribution < 1.29 is 14.3 Å². The Labute approximate surface area is 178 Å². The van der Waals surface area contributed by atoms with E-state index in [4.69, 9.17) is 21.1 Å². The van der Waals surface area contributed by atoms with Gasteiger partial charge in [-0.2, -0.15) is 5.10 Å². The third kappa shape index (κ3) is 4.36. The number of hydrogen-bond acceptors (Lipinski definition) is 5. The van der Waals surface area contributed by atoms with E-state index >= 15 is 0 Å². The first-order valence-electron chi connectivity index (χ1n) is 9.19. The molecule has 0 bridgehead atoms. The number of aryl methyl sites for hydroxylation is 1. The minimum Gasteiger partial charge on any atom is -0.497 e. The first-order valence-corrected chi connectivity index (χ1v) is 9.57. The summed E-state index contributed by atoms with van der Waals surface area (Å²) in [7, 11) is 1.61. The van der Waals surface area contributed by atoms with Gasteiger partial charge >= 0.3 is 0 Å². The number of ether oxygens (including phenoxy) is 2. The van der Waals surface area contributed by atoms with Crippen molar-refractivity contribution in [3.05, 3.63) is 77.2 Å². The van der Waals surface area contributed by atoms with Crippen LogP contribution in [0.4, 0.5) is 5.69 Å². The number of anilines is 1. The molecule has 0 spiro atoms. The molecule has 30 heavy (non-hydrogen) atoms. The molecule has 4 rings (SSSR count). The van der Waals surface area contributed by atoms with Crippen molar-refractivity contribution in [2.45, 2.75) is 13.7 Å². The van der Waals surface area contributed by atoms with Gasteiger partial charge in [0.15, 0.2) is 12.4 Å². The van der Waals surface area contributed by atoms with Crippen LogP contribution in [-0.2, 0) is 6.73 Å². The predicted molar refractivity (Wildman–Crippen MR) is 115 cm³/mol. The van der Waals surface area contributed by atoms with E-state index in [2.05, 4.69) is 15.4 Å². The zero-order chi connectivity index (χ0) is 21.1. The lowest BCUT2D eigenvalue weighted by molar-refractivity contribution is 0.102. The zero-order valence-corrected chi connectivity index (χ0v) is 17.2. The number of halogens is 1. The third-order valence-electron chi connectivity index (χ3n) is 4.52. The number of fused-ring (bicyclic) bond motifs is 1.